The summed E-state index contributed by atoms with van der Waals surface area (Å²) in [5.41, 5.74) is 1.96. The van der Waals surface area contributed by atoms with E-state index in [-0.39, 0.29) is 24.8 Å². The van der Waals surface area contributed by atoms with Crippen molar-refractivity contribution in [2.24, 2.45) is 0 Å². The second kappa shape index (κ2) is 10.0. The molecule has 0 saturated heterocycles. The SMILES string of the molecule is CCOC(=O)CC(Cc1ccc(-c2cccc(F)c2)cc1)NC(=O)OC(C)(C)C. The highest BCUT2D eigenvalue weighted by Crippen LogP contribution is 2.21. The van der Waals surface area contributed by atoms with E-state index in [4.69, 9.17) is 9.47 Å². The van der Waals surface area contributed by atoms with Gasteiger partial charge >= 0.3 is 12.1 Å². The third kappa shape index (κ3) is 7.94. The lowest BCUT2D eigenvalue weighted by molar-refractivity contribution is -0.143. The number of benzene rings is 2. The van der Waals surface area contributed by atoms with Gasteiger partial charge in [0.05, 0.1) is 13.0 Å². The first-order chi connectivity index (χ1) is 13.7. The summed E-state index contributed by atoms with van der Waals surface area (Å²) in [6, 6.07) is 13.5. The maximum Gasteiger partial charge on any atom is 0.407 e. The van der Waals surface area contributed by atoms with Crippen molar-refractivity contribution < 1.29 is 23.5 Å². The van der Waals surface area contributed by atoms with Crippen molar-refractivity contribution in [2.45, 2.75) is 52.2 Å². The van der Waals surface area contributed by atoms with Crippen molar-refractivity contribution in [3.8, 4) is 11.1 Å². The average molecular weight is 401 g/mol. The molecular formula is C23H28FNO4. The second-order valence-corrected chi connectivity index (χ2v) is 7.76. The predicted octanol–water partition coefficient (Wildman–Crippen LogP) is 4.88. The molecule has 0 aliphatic carbocycles. The van der Waals surface area contributed by atoms with Crippen molar-refractivity contribution in [1.29, 1.82) is 0 Å². The Hall–Kier alpha value is -2.89. The molecule has 1 N–H and O–H groups in total. The van der Waals surface area contributed by atoms with E-state index in [1.54, 1.807) is 33.8 Å². The van der Waals surface area contributed by atoms with Gasteiger partial charge in [0.25, 0.3) is 0 Å². The van der Waals surface area contributed by atoms with Crippen LogP contribution in [0.25, 0.3) is 11.1 Å². The maximum atomic E-state index is 13.4. The van der Waals surface area contributed by atoms with Crippen LogP contribution >= 0.6 is 0 Å². The number of amides is 1. The summed E-state index contributed by atoms with van der Waals surface area (Å²) >= 11 is 0. The second-order valence-electron chi connectivity index (χ2n) is 7.76. The number of halogens is 1. The molecule has 2 aromatic rings. The number of rotatable bonds is 7. The molecule has 0 radical (unpaired) electrons. The first kappa shape index (κ1) is 22.4. The van der Waals surface area contributed by atoms with Gasteiger partial charge in [0.15, 0.2) is 0 Å². The highest BCUT2D eigenvalue weighted by molar-refractivity contribution is 5.73. The number of nitrogens with one attached hydrogen (secondary N) is 1. The Morgan fingerprint density at radius 2 is 1.76 bits per heavy atom. The zero-order chi connectivity index (χ0) is 21.4. The monoisotopic (exact) mass is 401 g/mol. The summed E-state index contributed by atoms with van der Waals surface area (Å²) in [4.78, 5) is 24.1. The lowest BCUT2D eigenvalue weighted by atomic mass is 9.99. The van der Waals surface area contributed by atoms with E-state index in [1.165, 1.54) is 12.1 Å². The number of carbonyl (C=O) groups excluding carboxylic acids is 2. The molecule has 29 heavy (non-hydrogen) atoms. The molecule has 0 saturated carbocycles. The van der Waals surface area contributed by atoms with Gasteiger partial charge in [0, 0.05) is 6.04 Å². The quantitative estimate of drug-likeness (QED) is 0.672. The highest BCUT2D eigenvalue weighted by Gasteiger charge is 2.22. The van der Waals surface area contributed by atoms with Crippen molar-refractivity contribution in [3.05, 3.63) is 59.9 Å². The van der Waals surface area contributed by atoms with Gasteiger partial charge in [-0.15, -0.1) is 0 Å². The van der Waals surface area contributed by atoms with Crippen LogP contribution in [-0.4, -0.2) is 30.3 Å². The fraction of sp³-hybridized carbons (Fsp3) is 0.391. The lowest BCUT2D eigenvalue weighted by Gasteiger charge is -2.23. The zero-order valence-corrected chi connectivity index (χ0v) is 17.3. The first-order valence-electron chi connectivity index (χ1n) is 9.66. The summed E-state index contributed by atoms with van der Waals surface area (Å²) in [5.74, 6) is -0.674. The Bertz CT molecular complexity index is 828. The molecule has 0 fully saturated rings. The van der Waals surface area contributed by atoms with Crippen LogP contribution < -0.4 is 5.32 Å². The van der Waals surface area contributed by atoms with Crippen LogP contribution in [0.2, 0.25) is 0 Å². The fourth-order valence-electron chi connectivity index (χ4n) is 2.86. The van der Waals surface area contributed by atoms with E-state index >= 15 is 0 Å². The highest BCUT2D eigenvalue weighted by atomic mass is 19.1. The van der Waals surface area contributed by atoms with Crippen LogP contribution in [0, 0.1) is 5.82 Å². The number of alkyl carbamates (subject to hydrolysis) is 1. The number of carbonyl (C=O) groups is 2. The summed E-state index contributed by atoms with van der Waals surface area (Å²) in [7, 11) is 0. The number of hydrogen-bond donors (Lipinski definition) is 1. The Kier molecular flexibility index (Phi) is 7.76. The summed E-state index contributed by atoms with van der Waals surface area (Å²) in [6.07, 6.45) is -0.108. The van der Waals surface area contributed by atoms with Crippen LogP contribution in [0.1, 0.15) is 39.7 Å². The van der Waals surface area contributed by atoms with Crippen LogP contribution in [-0.2, 0) is 20.7 Å². The molecule has 0 aromatic heterocycles. The van der Waals surface area contributed by atoms with Gasteiger partial charge in [-0.3, -0.25) is 4.79 Å². The van der Waals surface area contributed by atoms with Gasteiger partial charge in [-0.25, -0.2) is 9.18 Å². The van der Waals surface area contributed by atoms with E-state index < -0.39 is 17.7 Å². The molecule has 6 heteroatoms. The minimum atomic E-state index is -0.634. The van der Waals surface area contributed by atoms with Crippen LogP contribution in [0.4, 0.5) is 9.18 Å². The van der Waals surface area contributed by atoms with Crippen LogP contribution in [0.15, 0.2) is 48.5 Å². The number of esters is 1. The molecule has 0 bridgehead atoms. The normalized spacial score (nSPS) is 12.2. The maximum absolute atomic E-state index is 13.4. The molecule has 1 unspecified atom stereocenters. The van der Waals surface area contributed by atoms with Gasteiger partial charge in [-0.05, 0) is 62.9 Å². The average Bonchev–Trinajstić information content (AvgIpc) is 2.60. The molecule has 0 heterocycles. The minimum absolute atomic E-state index is 0.0404. The van der Waals surface area contributed by atoms with Crippen molar-refractivity contribution in [3.63, 3.8) is 0 Å². The van der Waals surface area contributed by atoms with Gasteiger partial charge in [0.2, 0.25) is 0 Å². The Labute approximate surface area is 171 Å². The smallest absolute Gasteiger partial charge is 0.407 e. The topological polar surface area (TPSA) is 64.6 Å². The number of hydrogen-bond acceptors (Lipinski definition) is 4. The standard InChI is InChI=1S/C23H28FNO4/c1-5-28-21(26)15-20(25-22(27)29-23(2,3)4)13-16-9-11-17(12-10-16)18-7-6-8-19(24)14-18/h6-12,14,20H,5,13,15H2,1-4H3,(H,25,27). The van der Waals surface area contributed by atoms with Gasteiger partial charge in [0.1, 0.15) is 11.4 Å². The van der Waals surface area contributed by atoms with Gasteiger partial charge in [-0.1, -0.05) is 36.4 Å². The van der Waals surface area contributed by atoms with Crippen LogP contribution in [0.3, 0.4) is 0 Å². The molecule has 0 aliphatic rings. The summed E-state index contributed by atoms with van der Waals surface area (Å²) < 4.78 is 23.7. The fourth-order valence-corrected chi connectivity index (χ4v) is 2.86. The first-order valence-corrected chi connectivity index (χ1v) is 9.66. The van der Waals surface area contributed by atoms with Crippen LogP contribution in [0.5, 0.6) is 0 Å². The van der Waals surface area contributed by atoms with Crippen molar-refractivity contribution >= 4 is 12.1 Å². The molecule has 156 valence electrons. The molecule has 2 rings (SSSR count). The largest absolute Gasteiger partial charge is 0.466 e. The summed E-state index contributed by atoms with van der Waals surface area (Å²) in [6.45, 7) is 7.34. The molecular weight excluding hydrogens is 373 g/mol. The van der Waals surface area contributed by atoms with Crippen molar-refractivity contribution in [1.82, 2.24) is 5.32 Å². The Morgan fingerprint density at radius 3 is 2.34 bits per heavy atom. The summed E-state index contributed by atoms with van der Waals surface area (Å²) in [5, 5.41) is 2.75. The molecule has 1 amide bonds. The minimum Gasteiger partial charge on any atom is -0.466 e. The van der Waals surface area contributed by atoms with Crippen molar-refractivity contribution in [2.75, 3.05) is 6.61 Å². The van der Waals surface area contributed by atoms with E-state index in [1.807, 2.05) is 30.3 Å². The van der Waals surface area contributed by atoms with E-state index in [9.17, 15) is 14.0 Å². The Balaban J connectivity index is 2.10. The predicted molar refractivity (Wildman–Crippen MR) is 110 cm³/mol. The third-order valence-electron chi connectivity index (χ3n) is 4.03. The van der Waals surface area contributed by atoms with E-state index in [0.29, 0.717) is 6.42 Å². The molecule has 1 atom stereocenters. The number of ether oxygens (including phenoxy) is 2. The van der Waals surface area contributed by atoms with Gasteiger partial charge < -0.3 is 14.8 Å². The molecule has 2 aromatic carbocycles. The molecule has 0 aliphatic heterocycles. The zero-order valence-electron chi connectivity index (χ0n) is 17.3. The van der Waals surface area contributed by atoms with Gasteiger partial charge in [-0.2, -0.15) is 0 Å². The third-order valence-corrected chi connectivity index (χ3v) is 4.03. The molecule has 5 nitrogen and oxygen atoms in total. The van der Waals surface area contributed by atoms with E-state index in [2.05, 4.69) is 5.32 Å². The Morgan fingerprint density at radius 1 is 1.07 bits per heavy atom. The molecule has 0 spiro atoms. The lowest BCUT2D eigenvalue weighted by Crippen LogP contribution is -2.41. The van der Waals surface area contributed by atoms with E-state index in [0.717, 1.165) is 16.7 Å².